The van der Waals surface area contributed by atoms with Gasteiger partial charge in [0.25, 0.3) is 0 Å². The first-order valence-corrected chi connectivity index (χ1v) is 5.00. The standard InChI is InChI=1S/C9H15N3OS/c1-7(2)5-10-9(14)11-6-8-3-4-13-12-8/h3-4,7H,5-6H2,1-2H3,(H2,10,11,14). The zero-order valence-electron chi connectivity index (χ0n) is 8.41. The first kappa shape index (κ1) is 11.0. The quantitative estimate of drug-likeness (QED) is 0.738. The maximum absolute atomic E-state index is 5.06. The largest absolute Gasteiger partial charge is 0.364 e. The summed E-state index contributed by atoms with van der Waals surface area (Å²) in [6.45, 7) is 5.74. The molecule has 5 heteroatoms. The van der Waals surface area contributed by atoms with Crippen molar-refractivity contribution in [1.29, 1.82) is 0 Å². The summed E-state index contributed by atoms with van der Waals surface area (Å²) in [5.74, 6) is 0.585. The van der Waals surface area contributed by atoms with Crippen LogP contribution in [-0.4, -0.2) is 16.8 Å². The fourth-order valence-electron chi connectivity index (χ4n) is 0.859. The van der Waals surface area contributed by atoms with Crippen LogP contribution in [-0.2, 0) is 6.54 Å². The van der Waals surface area contributed by atoms with Crippen molar-refractivity contribution in [2.75, 3.05) is 6.54 Å². The van der Waals surface area contributed by atoms with E-state index in [-0.39, 0.29) is 0 Å². The SMILES string of the molecule is CC(C)CNC(=S)NCc1ccon1. The van der Waals surface area contributed by atoms with Crippen molar-refractivity contribution < 1.29 is 4.52 Å². The summed E-state index contributed by atoms with van der Waals surface area (Å²) in [5.41, 5.74) is 0.846. The summed E-state index contributed by atoms with van der Waals surface area (Å²) in [6, 6.07) is 1.80. The fraction of sp³-hybridized carbons (Fsp3) is 0.556. The molecule has 1 heterocycles. The van der Waals surface area contributed by atoms with Gasteiger partial charge in [-0.1, -0.05) is 19.0 Å². The molecule has 0 bridgehead atoms. The number of hydrogen-bond donors (Lipinski definition) is 2. The first-order chi connectivity index (χ1) is 6.68. The second-order valence-electron chi connectivity index (χ2n) is 3.45. The minimum absolute atomic E-state index is 0.585. The molecule has 0 amide bonds. The highest BCUT2D eigenvalue weighted by Gasteiger charge is 1.99. The van der Waals surface area contributed by atoms with Gasteiger partial charge >= 0.3 is 0 Å². The molecule has 0 unspecified atom stereocenters. The van der Waals surface area contributed by atoms with Gasteiger partial charge in [0.1, 0.15) is 12.0 Å². The van der Waals surface area contributed by atoms with Crippen LogP contribution in [0.25, 0.3) is 0 Å². The van der Waals surface area contributed by atoms with Crippen LogP contribution in [0.3, 0.4) is 0 Å². The smallest absolute Gasteiger partial charge is 0.166 e. The average Bonchev–Trinajstić information content (AvgIpc) is 2.63. The van der Waals surface area contributed by atoms with E-state index in [1.54, 1.807) is 12.3 Å². The molecule has 4 nitrogen and oxygen atoms in total. The molecule has 14 heavy (non-hydrogen) atoms. The van der Waals surface area contributed by atoms with Crippen molar-refractivity contribution in [3.8, 4) is 0 Å². The Morgan fingerprint density at radius 2 is 2.36 bits per heavy atom. The summed E-state index contributed by atoms with van der Waals surface area (Å²) in [4.78, 5) is 0. The normalized spacial score (nSPS) is 10.2. The van der Waals surface area contributed by atoms with E-state index in [0.29, 0.717) is 17.6 Å². The van der Waals surface area contributed by atoms with Crippen LogP contribution in [0, 0.1) is 5.92 Å². The third-order valence-electron chi connectivity index (χ3n) is 1.59. The molecule has 0 saturated heterocycles. The molecule has 0 fully saturated rings. The van der Waals surface area contributed by atoms with Gasteiger partial charge in [0.15, 0.2) is 5.11 Å². The Balaban J connectivity index is 2.15. The van der Waals surface area contributed by atoms with E-state index < -0.39 is 0 Å². The lowest BCUT2D eigenvalue weighted by Crippen LogP contribution is -2.36. The molecular weight excluding hydrogens is 198 g/mol. The van der Waals surface area contributed by atoms with Crippen LogP contribution in [0.15, 0.2) is 16.9 Å². The van der Waals surface area contributed by atoms with Crippen LogP contribution < -0.4 is 10.6 Å². The first-order valence-electron chi connectivity index (χ1n) is 4.59. The molecule has 78 valence electrons. The van der Waals surface area contributed by atoms with Gasteiger partial charge in [-0.05, 0) is 18.1 Å². The van der Waals surface area contributed by atoms with Crippen LogP contribution in [0.2, 0.25) is 0 Å². The number of nitrogens with one attached hydrogen (secondary N) is 2. The summed E-state index contributed by atoms with van der Waals surface area (Å²) in [5, 5.41) is 10.6. The van der Waals surface area contributed by atoms with Crippen molar-refractivity contribution in [3.05, 3.63) is 18.0 Å². The highest BCUT2D eigenvalue weighted by Crippen LogP contribution is 1.92. The van der Waals surface area contributed by atoms with Crippen LogP contribution >= 0.6 is 12.2 Å². The zero-order chi connectivity index (χ0) is 10.4. The van der Waals surface area contributed by atoms with Crippen molar-refractivity contribution >= 4 is 17.3 Å². The van der Waals surface area contributed by atoms with E-state index in [4.69, 9.17) is 16.7 Å². The topological polar surface area (TPSA) is 50.1 Å². The van der Waals surface area contributed by atoms with E-state index in [1.807, 2.05) is 0 Å². The van der Waals surface area contributed by atoms with Gasteiger partial charge in [-0.15, -0.1) is 0 Å². The lowest BCUT2D eigenvalue weighted by atomic mass is 10.2. The van der Waals surface area contributed by atoms with Gasteiger partial charge in [0, 0.05) is 12.6 Å². The summed E-state index contributed by atoms with van der Waals surface area (Å²) in [7, 11) is 0. The predicted octanol–water partition coefficient (Wildman–Crippen LogP) is 1.29. The van der Waals surface area contributed by atoms with Crippen LogP contribution in [0.4, 0.5) is 0 Å². The monoisotopic (exact) mass is 213 g/mol. The number of nitrogens with zero attached hydrogens (tertiary/aromatic N) is 1. The molecule has 1 aromatic heterocycles. The molecule has 1 rings (SSSR count). The molecule has 0 radical (unpaired) electrons. The average molecular weight is 213 g/mol. The van der Waals surface area contributed by atoms with E-state index in [9.17, 15) is 0 Å². The van der Waals surface area contributed by atoms with E-state index in [2.05, 4.69) is 29.6 Å². The number of aromatic nitrogens is 1. The van der Waals surface area contributed by atoms with Crippen molar-refractivity contribution in [2.45, 2.75) is 20.4 Å². The van der Waals surface area contributed by atoms with Crippen molar-refractivity contribution in [2.24, 2.45) is 5.92 Å². The molecule has 0 aliphatic heterocycles. The molecular formula is C9H15N3OS. The van der Waals surface area contributed by atoms with Gasteiger partial charge in [-0.3, -0.25) is 0 Å². The third-order valence-corrected chi connectivity index (χ3v) is 1.88. The second-order valence-corrected chi connectivity index (χ2v) is 3.86. The fourth-order valence-corrected chi connectivity index (χ4v) is 1.01. The van der Waals surface area contributed by atoms with Crippen LogP contribution in [0.5, 0.6) is 0 Å². The van der Waals surface area contributed by atoms with Gasteiger partial charge < -0.3 is 15.2 Å². The third kappa shape index (κ3) is 4.23. The Morgan fingerprint density at radius 3 is 2.93 bits per heavy atom. The summed E-state index contributed by atoms with van der Waals surface area (Å²) < 4.78 is 4.69. The molecule has 2 N–H and O–H groups in total. The van der Waals surface area contributed by atoms with Gasteiger partial charge in [0.2, 0.25) is 0 Å². The Hall–Kier alpha value is -1.10. The van der Waals surface area contributed by atoms with E-state index in [1.165, 1.54) is 0 Å². The molecule has 0 aliphatic carbocycles. The summed E-state index contributed by atoms with van der Waals surface area (Å²) in [6.07, 6.45) is 1.54. The number of rotatable bonds is 4. The molecule has 0 atom stereocenters. The van der Waals surface area contributed by atoms with E-state index >= 15 is 0 Å². The van der Waals surface area contributed by atoms with Gasteiger partial charge in [-0.25, -0.2) is 0 Å². The minimum Gasteiger partial charge on any atom is -0.364 e. The highest BCUT2D eigenvalue weighted by molar-refractivity contribution is 7.80. The predicted molar refractivity (Wildman–Crippen MR) is 58.8 cm³/mol. The molecule has 0 aliphatic rings. The molecule has 0 spiro atoms. The highest BCUT2D eigenvalue weighted by atomic mass is 32.1. The minimum atomic E-state index is 0.585. The zero-order valence-corrected chi connectivity index (χ0v) is 9.23. The Labute approximate surface area is 89.0 Å². The van der Waals surface area contributed by atoms with Crippen molar-refractivity contribution in [3.63, 3.8) is 0 Å². The Morgan fingerprint density at radius 1 is 1.57 bits per heavy atom. The molecule has 1 aromatic rings. The van der Waals surface area contributed by atoms with Crippen molar-refractivity contribution in [1.82, 2.24) is 15.8 Å². The molecule has 0 aromatic carbocycles. The number of thiocarbonyl (C=S) groups is 1. The van der Waals surface area contributed by atoms with Gasteiger partial charge in [0.05, 0.1) is 6.54 Å². The lowest BCUT2D eigenvalue weighted by Gasteiger charge is -2.10. The Bertz CT molecular complexity index is 272. The second kappa shape index (κ2) is 5.59. The maximum Gasteiger partial charge on any atom is 0.166 e. The maximum atomic E-state index is 5.06. The Kier molecular flexibility index (Phi) is 4.39. The number of hydrogen-bond acceptors (Lipinski definition) is 3. The van der Waals surface area contributed by atoms with Crippen LogP contribution in [0.1, 0.15) is 19.5 Å². The molecule has 0 saturated carbocycles. The van der Waals surface area contributed by atoms with Gasteiger partial charge in [-0.2, -0.15) is 0 Å². The lowest BCUT2D eigenvalue weighted by molar-refractivity contribution is 0.410. The summed E-state index contributed by atoms with van der Waals surface area (Å²) >= 11 is 5.06. The van der Waals surface area contributed by atoms with E-state index in [0.717, 1.165) is 12.2 Å².